The molecule has 0 atom stereocenters. The number of hydrogen-bond acceptors (Lipinski definition) is 7. The second-order valence-corrected chi connectivity index (χ2v) is 9.17. The van der Waals surface area contributed by atoms with Gasteiger partial charge in [0.15, 0.2) is 4.90 Å². The lowest BCUT2D eigenvalue weighted by Gasteiger charge is -2.14. The first-order valence-corrected chi connectivity index (χ1v) is 11.5. The second-order valence-electron chi connectivity index (χ2n) is 7.09. The van der Waals surface area contributed by atoms with Crippen molar-refractivity contribution in [3.8, 4) is 5.88 Å². The Kier molecular flexibility index (Phi) is 5.88. The van der Waals surface area contributed by atoms with Gasteiger partial charge in [0, 0.05) is 22.7 Å². The van der Waals surface area contributed by atoms with Crippen molar-refractivity contribution in [2.75, 3.05) is 17.1 Å². The van der Waals surface area contributed by atoms with Crippen LogP contribution in [0.5, 0.6) is 5.88 Å². The number of rotatable bonds is 7. The van der Waals surface area contributed by atoms with Crippen molar-refractivity contribution in [1.82, 2.24) is 10.1 Å². The number of sulfonamides is 1. The monoisotopic (exact) mass is 460 g/mol. The van der Waals surface area contributed by atoms with E-state index in [1.807, 2.05) is 0 Å². The third-order valence-electron chi connectivity index (χ3n) is 4.93. The van der Waals surface area contributed by atoms with Crippen LogP contribution < -0.4 is 14.8 Å². The molecule has 0 bridgehead atoms. The molecule has 1 aromatic carbocycles. The van der Waals surface area contributed by atoms with Gasteiger partial charge in [0.2, 0.25) is 5.88 Å². The van der Waals surface area contributed by atoms with Gasteiger partial charge in [0.05, 0.1) is 24.7 Å². The normalized spacial score (nSPS) is 13.4. The van der Waals surface area contributed by atoms with Crippen LogP contribution in [-0.2, 0) is 22.9 Å². The summed E-state index contributed by atoms with van der Waals surface area (Å²) in [5.41, 5.74) is 2.99. The van der Waals surface area contributed by atoms with Crippen LogP contribution in [0.2, 0.25) is 5.02 Å². The first-order chi connectivity index (χ1) is 14.9. The zero-order chi connectivity index (χ0) is 22.0. The maximum Gasteiger partial charge on any atom is 0.267 e. The van der Waals surface area contributed by atoms with Crippen LogP contribution in [0.4, 0.5) is 11.4 Å². The summed E-state index contributed by atoms with van der Waals surface area (Å²) in [6.45, 7) is 4.04. The quantitative estimate of drug-likeness (QED) is 0.534. The van der Waals surface area contributed by atoms with Crippen molar-refractivity contribution < 1.29 is 17.7 Å². The molecule has 8 nitrogen and oxygen atoms in total. The van der Waals surface area contributed by atoms with Gasteiger partial charge in [0.25, 0.3) is 10.0 Å². The highest BCUT2D eigenvalue weighted by molar-refractivity contribution is 7.92. The van der Waals surface area contributed by atoms with E-state index in [0.29, 0.717) is 27.8 Å². The van der Waals surface area contributed by atoms with E-state index in [-0.39, 0.29) is 10.8 Å². The first-order valence-electron chi connectivity index (χ1n) is 9.63. The summed E-state index contributed by atoms with van der Waals surface area (Å²) in [7, 11) is -2.62. The lowest BCUT2D eigenvalue weighted by Crippen LogP contribution is -2.15. The average molecular weight is 461 g/mol. The molecule has 162 valence electrons. The smallest absolute Gasteiger partial charge is 0.267 e. The zero-order valence-electron chi connectivity index (χ0n) is 16.8. The van der Waals surface area contributed by atoms with Crippen molar-refractivity contribution in [2.45, 2.75) is 30.6 Å². The summed E-state index contributed by atoms with van der Waals surface area (Å²) in [5, 5.41) is 7.72. The van der Waals surface area contributed by atoms with Crippen LogP contribution in [0.1, 0.15) is 29.9 Å². The van der Waals surface area contributed by atoms with Crippen LogP contribution in [0.3, 0.4) is 0 Å². The van der Waals surface area contributed by atoms with E-state index in [1.165, 1.54) is 19.4 Å². The van der Waals surface area contributed by atoms with Gasteiger partial charge < -0.3 is 14.6 Å². The average Bonchev–Trinajstić information content (AvgIpc) is 3.19. The summed E-state index contributed by atoms with van der Waals surface area (Å²) in [4.78, 5) is 4.01. The fourth-order valence-corrected chi connectivity index (χ4v) is 4.76. The lowest BCUT2D eigenvalue weighted by molar-refractivity contribution is 0.371. The lowest BCUT2D eigenvalue weighted by atomic mass is 9.96. The second kappa shape index (κ2) is 8.60. The molecule has 2 heterocycles. The van der Waals surface area contributed by atoms with Gasteiger partial charge in [0.1, 0.15) is 11.5 Å². The molecule has 3 aromatic rings. The maximum absolute atomic E-state index is 13.0. The standard InChI is InChI=1S/C21H21ClN4O4S/c1-13(20-17-5-3-4-6-18(17)30-25-20)24-16-11-19(21(29-2)23-12-16)31(27,28)26-15-9-7-14(22)8-10-15/h7-12,24,26H,1,3-6H2,2H3. The number of halogens is 1. The zero-order valence-corrected chi connectivity index (χ0v) is 18.4. The van der Waals surface area contributed by atoms with Gasteiger partial charge in [-0.2, -0.15) is 0 Å². The summed E-state index contributed by atoms with van der Waals surface area (Å²) < 4.78 is 39.1. The van der Waals surface area contributed by atoms with Crippen LogP contribution >= 0.6 is 11.6 Å². The summed E-state index contributed by atoms with van der Waals surface area (Å²) in [6.07, 6.45) is 5.35. The Morgan fingerprint density at radius 2 is 1.94 bits per heavy atom. The number of nitrogens with one attached hydrogen (secondary N) is 2. The van der Waals surface area contributed by atoms with E-state index in [4.69, 9.17) is 20.9 Å². The Balaban J connectivity index is 1.60. The van der Waals surface area contributed by atoms with Crippen LogP contribution in [0, 0.1) is 0 Å². The van der Waals surface area contributed by atoms with Gasteiger partial charge >= 0.3 is 0 Å². The molecule has 0 spiro atoms. The molecule has 2 aromatic heterocycles. The Morgan fingerprint density at radius 1 is 1.19 bits per heavy atom. The van der Waals surface area contributed by atoms with Crippen LogP contribution in [0.25, 0.3) is 5.70 Å². The van der Waals surface area contributed by atoms with Crippen molar-refractivity contribution in [3.05, 3.63) is 65.1 Å². The molecular formula is C21H21ClN4O4S. The number of anilines is 2. The third kappa shape index (κ3) is 4.52. The van der Waals surface area contributed by atoms with E-state index < -0.39 is 10.0 Å². The SMILES string of the molecule is C=C(Nc1cnc(OC)c(S(=O)(=O)Nc2ccc(Cl)cc2)c1)c1noc2c1CCCC2. The summed E-state index contributed by atoms with van der Waals surface area (Å²) in [6, 6.07) is 7.75. The Labute approximate surface area is 185 Å². The molecule has 0 aliphatic heterocycles. The number of fused-ring (bicyclic) bond motifs is 1. The molecule has 0 saturated heterocycles. The molecule has 31 heavy (non-hydrogen) atoms. The molecule has 2 N–H and O–H groups in total. The molecule has 10 heteroatoms. The minimum Gasteiger partial charge on any atom is -0.480 e. The molecule has 0 radical (unpaired) electrons. The number of aryl methyl sites for hydroxylation is 1. The number of ether oxygens (including phenoxy) is 1. The van der Waals surface area contributed by atoms with E-state index in [0.717, 1.165) is 37.0 Å². The molecule has 0 unspecified atom stereocenters. The van der Waals surface area contributed by atoms with Gasteiger partial charge in [-0.05, 0) is 49.6 Å². The van der Waals surface area contributed by atoms with E-state index in [2.05, 4.69) is 26.8 Å². The molecule has 0 fully saturated rings. The van der Waals surface area contributed by atoms with E-state index in [9.17, 15) is 8.42 Å². The highest BCUT2D eigenvalue weighted by Crippen LogP contribution is 2.31. The van der Waals surface area contributed by atoms with Gasteiger partial charge in [-0.1, -0.05) is 23.3 Å². The number of aromatic nitrogens is 2. The fourth-order valence-electron chi connectivity index (χ4n) is 3.43. The van der Waals surface area contributed by atoms with Gasteiger partial charge in [-0.25, -0.2) is 13.4 Å². The molecule has 4 rings (SSSR count). The van der Waals surface area contributed by atoms with E-state index >= 15 is 0 Å². The number of hydrogen-bond donors (Lipinski definition) is 2. The number of methoxy groups -OCH3 is 1. The minimum absolute atomic E-state index is 0.0311. The first kappa shape index (κ1) is 21.2. The molecule has 0 amide bonds. The Morgan fingerprint density at radius 3 is 2.68 bits per heavy atom. The van der Waals surface area contributed by atoms with Gasteiger partial charge in [-0.3, -0.25) is 4.72 Å². The number of nitrogens with zero attached hydrogens (tertiary/aromatic N) is 2. The highest BCUT2D eigenvalue weighted by Gasteiger charge is 2.24. The molecule has 1 aliphatic rings. The van der Waals surface area contributed by atoms with Gasteiger partial charge in [-0.15, -0.1) is 0 Å². The van der Waals surface area contributed by atoms with Crippen LogP contribution in [-0.4, -0.2) is 25.7 Å². The topological polar surface area (TPSA) is 106 Å². The van der Waals surface area contributed by atoms with E-state index in [1.54, 1.807) is 24.3 Å². The summed E-state index contributed by atoms with van der Waals surface area (Å²) >= 11 is 5.87. The number of benzene rings is 1. The predicted octanol–water partition coefficient (Wildman–Crippen LogP) is 4.49. The van der Waals surface area contributed by atoms with Crippen molar-refractivity contribution in [1.29, 1.82) is 0 Å². The predicted molar refractivity (Wildman–Crippen MR) is 119 cm³/mol. The van der Waals surface area contributed by atoms with Crippen LogP contribution in [0.15, 0.2) is 52.5 Å². The molecule has 1 aliphatic carbocycles. The maximum atomic E-state index is 13.0. The Bertz CT molecular complexity index is 1220. The number of pyridine rings is 1. The third-order valence-corrected chi connectivity index (χ3v) is 6.56. The molecule has 0 saturated carbocycles. The Hall–Kier alpha value is -3.04. The van der Waals surface area contributed by atoms with Crippen molar-refractivity contribution in [2.24, 2.45) is 0 Å². The van der Waals surface area contributed by atoms with Crippen molar-refractivity contribution in [3.63, 3.8) is 0 Å². The minimum atomic E-state index is -3.98. The van der Waals surface area contributed by atoms with Crippen molar-refractivity contribution >= 4 is 38.7 Å². The largest absolute Gasteiger partial charge is 0.480 e. The molecular weight excluding hydrogens is 440 g/mol. The highest BCUT2D eigenvalue weighted by atomic mass is 35.5. The summed E-state index contributed by atoms with van der Waals surface area (Å²) in [5.74, 6) is 0.851. The fraction of sp³-hybridized carbons (Fsp3) is 0.238.